The number of oxime groups is 1. The van der Waals surface area contributed by atoms with Gasteiger partial charge in [-0.1, -0.05) is 68.1 Å². The average molecular weight is 359 g/mol. The monoisotopic (exact) mass is 359 g/mol. The summed E-state index contributed by atoms with van der Waals surface area (Å²) in [5.74, 6) is 0. The topological polar surface area (TPSA) is 66.7 Å². The van der Waals surface area contributed by atoms with E-state index in [1.807, 2.05) is 0 Å². The van der Waals surface area contributed by atoms with E-state index in [0.717, 1.165) is 18.4 Å². The van der Waals surface area contributed by atoms with E-state index in [1.54, 1.807) is 54.6 Å². The minimum Gasteiger partial charge on any atom is -0.411 e. The van der Waals surface area contributed by atoms with Crippen LogP contribution in [0.25, 0.3) is 0 Å². The zero-order valence-electron chi connectivity index (χ0n) is 14.6. The molecule has 0 aliphatic heterocycles. The highest BCUT2D eigenvalue weighted by molar-refractivity contribution is 7.91. The van der Waals surface area contributed by atoms with E-state index in [0.29, 0.717) is 12.1 Å². The third-order valence-corrected chi connectivity index (χ3v) is 5.97. The van der Waals surface area contributed by atoms with Crippen LogP contribution in [0.2, 0.25) is 0 Å². The van der Waals surface area contributed by atoms with Gasteiger partial charge in [0, 0.05) is 0 Å². The maximum atomic E-state index is 12.6. The van der Waals surface area contributed by atoms with Crippen molar-refractivity contribution >= 4 is 15.5 Å². The molecule has 25 heavy (non-hydrogen) atoms. The number of rotatable bonds is 9. The minimum absolute atomic E-state index is 0.239. The average Bonchev–Trinajstić information content (AvgIpc) is 2.65. The Morgan fingerprint density at radius 1 is 0.880 bits per heavy atom. The Balaban J connectivity index is 2.08. The van der Waals surface area contributed by atoms with Gasteiger partial charge in [0.15, 0.2) is 0 Å². The van der Waals surface area contributed by atoms with Gasteiger partial charge in [0.05, 0.1) is 15.5 Å². The Morgan fingerprint density at radius 3 is 2.08 bits per heavy atom. The molecule has 0 aliphatic carbocycles. The first kappa shape index (κ1) is 19.2. The normalized spacial score (nSPS) is 12.3. The minimum atomic E-state index is -3.52. The molecule has 0 amide bonds. The van der Waals surface area contributed by atoms with Crippen LogP contribution in [0.5, 0.6) is 0 Å². The molecule has 2 rings (SSSR count). The molecule has 2 aromatic carbocycles. The molecule has 5 heteroatoms. The maximum Gasteiger partial charge on any atom is 0.206 e. The van der Waals surface area contributed by atoms with Gasteiger partial charge < -0.3 is 5.21 Å². The molecule has 1 N–H and O–H groups in total. The molecule has 4 nitrogen and oxygen atoms in total. The van der Waals surface area contributed by atoms with Crippen LogP contribution < -0.4 is 0 Å². The molecule has 0 unspecified atom stereocenters. The molecular formula is C20H25NO3S. The summed E-state index contributed by atoms with van der Waals surface area (Å²) in [5.41, 5.74) is 1.35. The lowest BCUT2D eigenvalue weighted by Gasteiger charge is -2.08. The van der Waals surface area contributed by atoms with Crippen molar-refractivity contribution in [3.63, 3.8) is 0 Å². The zero-order valence-corrected chi connectivity index (χ0v) is 15.4. The van der Waals surface area contributed by atoms with E-state index >= 15 is 0 Å². The highest BCUT2D eigenvalue weighted by atomic mass is 32.2. The second-order valence-corrected chi connectivity index (χ2v) is 8.00. The van der Waals surface area contributed by atoms with Crippen molar-refractivity contribution in [3.8, 4) is 0 Å². The summed E-state index contributed by atoms with van der Waals surface area (Å²) < 4.78 is 25.2. The predicted octanol–water partition coefficient (Wildman–Crippen LogP) is 5.06. The Labute approximate surface area is 150 Å². The Kier molecular flexibility index (Phi) is 7.19. The van der Waals surface area contributed by atoms with Gasteiger partial charge >= 0.3 is 0 Å². The lowest BCUT2D eigenvalue weighted by atomic mass is 10.0. The molecule has 0 bridgehead atoms. The molecule has 0 aromatic heterocycles. The number of nitrogens with zero attached hydrogens (tertiary/aromatic N) is 1. The van der Waals surface area contributed by atoms with Crippen LogP contribution in [-0.2, 0) is 9.84 Å². The van der Waals surface area contributed by atoms with E-state index < -0.39 is 9.84 Å². The first-order valence-corrected chi connectivity index (χ1v) is 10.2. The fourth-order valence-electron chi connectivity index (χ4n) is 2.71. The van der Waals surface area contributed by atoms with Gasteiger partial charge in [-0.25, -0.2) is 8.42 Å². The molecule has 2 aromatic rings. The van der Waals surface area contributed by atoms with Crippen molar-refractivity contribution in [3.05, 3.63) is 60.2 Å². The smallest absolute Gasteiger partial charge is 0.206 e. The first-order valence-electron chi connectivity index (χ1n) is 8.71. The van der Waals surface area contributed by atoms with Crippen LogP contribution in [0.1, 0.15) is 51.0 Å². The van der Waals surface area contributed by atoms with Gasteiger partial charge in [0.1, 0.15) is 0 Å². The molecule has 0 spiro atoms. The second kappa shape index (κ2) is 9.37. The van der Waals surface area contributed by atoms with Crippen LogP contribution >= 0.6 is 0 Å². The lowest BCUT2D eigenvalue weighted by Crippen LogP contribution is -2.04. The van der Waals surface area contributed by atoms with Gasteiger partial charge in [-0.15, -0.1) is 0 Å². The molecule has 0 radical (unpaired) electrons. The van der Waals surface area contributed by atoms with Gasteiger partial charge in [0.25, 0.3) is 0 Å². The lowest BCUT2D eigenvalue weighted by molar-refractivity contribution is 0.317. The summed E-state index contributed by atoms with van der Waals surface area (Å²) in [6.45, 7) is 2.17. The standard InChI is InChI=1S/C20H25NO3S/c1-2-3-4-5-9-12-20(21-22)17-13-15-19(16-14-17)25(23,24)18-10-7-6-8-11-18/h6-8,10-11,13-16,22H,2-5,9,12H2,1H3. The molecular weight excluding hydrogens is 334 g/mol. The van der Waals surface area contributed by atoms with E-state index in [1.165, 1.54) is 19.3 Å². The summed E-state index contributed by atoms with van der Waals surface area (Å²) >= 11 is 0. The van der Waals surface area contributed by atoms with E-state index in [2.05, 4.69) is 12.1 Å². The highest BCUT2D eigenvalue weighted by Crippen LogP contribution is 2.21. The molecule has 0 fully saturated rings. The summed E-state index contributed by atoms with van der Waals surface area (Å²) in [6.07, 6.45) is 6.35. The Bertz CT molecular complexity index is 781. The molecule has 134 valence electrons. The zero-order chi connectivity index (χ0) is 18.1. The van der Waals surface area contributed by atoms with Gasteiger partial charge in [-0.3, -0.25) is 0 Å². The van der Waals surface area contributed by atoms with E-state index in [4.69, 9.17) is 0 Å². The summed E-state index contributed by atoms with van der Waals surface area (Å²) in [7, 11) is -3.52. The van der Waals surface area contributed by atoms with Crippen molar-refractivity contribution in [2.24, 2.45) is 5.16 Å². The maximum absolute atomic E-state index is 12.6. The number of hydrogen-bond acceptors (Lipinski definition) is 4. The largest absolute Gasteiger partial charge is 0.411 e. The van der Waals surface area contributed by atoms with Gasteiger partial charge in [-0.2, -0.15) is 0 Å². The van der Waals surface area contributed by atoms with Crippen molar-refractivity contribution in [2.45, 2.75) is 55.2 Å². The fourth-order valence-corrected chi connectivity index (χ4v) is 3.99. The van der Waals surface area contributed by atoms with Crippen molar-refractivity contribution < 1.29 is 13.6 Å². The Hall–Kier alpha value is -2.14. The number of unbranched alkanes of at least 4 members (excludes halogenated alkanes) is 4. The van der Waals surface area contributed by atoms with Crippen LogP contribution in [0, 0.1) is 0 Å². The highest BCUT2D eigenvalue weighted by Gasteiger charge is 2.17. The fraction of sp³-hybridized carbons (Fsp3) is 0.350. The summed E-state index contributed by atoms with van der Waals surface area (Å²) in [5, 5.41) is 12.7. The molecule has 0 heterocycles. The number of sulfone groups is 1. The summed E-state index contributed by atoms with van der Waals surface area (Å²) in [6, 6.07) is 14.9. The predicted molar refractivity (Wildman–Crippen MR) is 100 cm³/mol. The van der Waals surface area contributed by atoms with Crippen LogP contribution in [-0.4, -0.2) is 19.3 Å². The molecule has 0 aliphatic rings. The molecule has 0 saturated heterocycles. The van der Waals surface area contributed by atoms with Crippen molar-refractivity contribution in [2.75, 3.05) is 0 Å². The van der Waals surface area contributed by atoms with Gasteiger partial charge in [0.2, 0.25) is 9.84 Å². The number of benzene rings is 2. The summed E-state index contributed by atoms with van der Waals surface area (Å²) in [4.78, 5) is 0.511. The van der Waals surface area contributed by atoms with Crippen LogP contribution in [0.3, 0.4) is 0 Å². The molecule has 0 saturated carbocycles. The third kappa shape index (κ3) is 5.16. The SMILES string of the molecule is CCCCCCCC(=NO)c1ccc(S(=O)(=O)c2ccccc2)cc1. The van der Waals surface area contributed by atoms with Gasteiger partial charge in [-0.05, 0) is 42.7 Å². The third-order valence-electron chi connectivity index (χ3n) is 4.19. The Morgan fingerprint density at radius 2 is 1.48 bits per heavy atom. The van der Waals surface area contributed by atoms with Crippen molar-refractivity contribution in [1.82, 2.24) is 0 Å². The quantitative estimate of drug-likeness (QED) is 0.294. The van der Waals surface area contributed by atoms with Crippen LogP contribution in [0.4, 0.5) is 0 Å². The van der Waals surface area contributed by atoms with Crippen LogP contribution in [0.15, 0.2) is 69.5 Å². The first-order chi connectivity index (χ1) is 12.1. The molecule has 0 atom stereocenters. The number of hydrogen-bond donors (Lipinski definition) is 1. The second-order valence-electron chi connectivity index (χ2n) is 6.05. The van der Waals surface area contributed by atoms with Crippen molar-refractivity contribution in [1.29, 1.82) is 0 Å². The van der Waals surface area contributed by atoms with E-state index in [-0.39, 0.29) is 9.79 Å². The van der Waals surface area contributed by atoms with E-state index in [9.17, 15) is 13.6 Å².